The molecular weight excluding hydrogens is 214 g/mol. The third-order valence-corrected chi connectivity index (χ3v) is 2.53. The summed E-state index contributed by atoms with van der Waals surface area (Å²) in [6, 6.07) is 8.62. The van der Waals surface area contributed by atoms with Crippen molar-refractivity contribution in [3.8, 4) is 6.07 Å². The maximum absolute atomic E-state index is 11.7. The molecule has 0 bridgehead atoms. The molecular formula is C14H17NO2. The number of hydrogen-bond donors (Lipinski definition) is 0. The Morgan fingerprint density at radius 1 is 1.41 bits per heavy atom. The van der Waals surface area contributed by atoms with E-state index in [1.54, 1.807) is 24.3 Å². The van der Waals surface area contributed by atoms with Gasteiger partial charge in [-0.2, -0.15) is 5.26 Å². The summed E-state index contributed by atoms with van der Waals surface area (Å²) >= 11 is 0. The molecule has 0 saturated carbocycles. The van der Waals surface area contributed by atoms with Crippen molar-refractivity contribution < 1.29 is 9.53 Å². The fourth-order valence-corrected chi connectivity index (χ4v) is 1.52. The van der Waals surface area contributed by atoms with Gasteiger partial charge in [-0.25, -0.2) is 0 Å². The summed E-state index contributed by atoms with van der Waals surface area (Å²) in [5, 5.41) is 8.64. The number of ketones is 1. The van der Waals surface area contributed by atoms with Gasteiger partial charge in [0.25, 0.3) is 0 Å². The van der Waals surface area contributed by atoms with E-state index in [0.29, 0.717) is 11.1 Å². The maximum Gasteiger partial charge on any atom is 0.188 e. The maximum atomic E-state index is 11.7. The van der Waals surface area contributed by atoms with Crippen LogP contribution in [0, 0.1) is 11.3 Å². The highest BCUT2D eigenvalue weighted by atomic mass is 16.5. The van der Waals surface area contributed by atoms with E-state index in [1.807, 2.05) is 13.0 Å². The van der Waals surface area contributed by atoms with Crippen molar-refractivity contribution in [3.63, 3.8) is 0 Å². The van der Waals surface area contributed by atoms with Crippen LogP contribution in [0.3, 0.4) is 0 Å². The monoisotopic (exact) mass is 231 g/mol. The van der Waals surface area contributed by atoms with E-state index in [9.17, 15) is 4.79 Å². The molecule has 0 aliphatic carbocycles. The van der Waals surface area contributed by atoms with Crippen molar-refractivity contribution in [2.24, 2.45) is 0 Å². The van der Waals surface area contributed by atoms with E-state index >= 15 is 0 Å². The quantitative estimate of drug-likeness (QED) is 0.707. The van der Waals surface area contributed by atoms with Gasteiger partial charge in [-0.1, -0.05) is 25.5 Å². The summed E-state index contributed by atoms with van der Waals surface area (Å²) in [5.74, 6) is -0.0440. The number of ether oxygens (including phenoxy) is 1. The van der Waals surface area contributed by atoms with Crippen molar-refractivity contribution in [1.29, 1.82) is 5.26 Å². The zero-order valence-electron chi connectivity index (χ0n) is 10.3. The first-order chi connectivity index (χ1) is 8.17. The largest absolute Gasteiger partial charge is 0.370 e. The molecule has 1 aromatic carbocycles. The summed E-state index contributed by atoms with van der Waals surface area (Å²) in [6.07, 6.45) is 2.12. The normalized spacial score (nSPS) is 11.8. The Morgan fingerprint density at radius 2 is 2.06 bits per heavy atom. The topological polar surface area (TPSA) is 50.1 Å². The van der Waals surface area contributed by atoms with Crippen LogP contribution in [0.1, 0.15) is 42.6 Å². The molecule has 3 heteroatoms. The lowest BCUT2D eigenvalue weighted by molar-refractivity contribution is 0.0490. The van der Waals surface area contributed by atoms with E-state index in [0.717, 1.165) is 12.8 Å². The van der Waals surface area contributed by atoms with E-state index in [4.69, 9.17) is 10.00 Å². The first kappa shape index (κ1) is 13.4. The highest BCUT2D eigenvalue weighted by molar-refractivity contribution is 5.97. The Balaban J connectivity index is 2.50. The Morgan fingerprint density at radius 3 is 2.59 bits per heavy atom. The van der Waals surface area contributed by atoms with Gasteiger partial charge in [0.1, 0.15) is 6.61 Å². The first-order valence-corrected chi connectivity index (χ1v) is 5.82. The van der Waals surface area contributed by atoms with Crippen LogP contribution in [0.4, 0.5) is 0 Å². The average Bonchev–Trinajstić information content (AvgIpc) is 2.36. The molecule has 0 fully saturated rings. The average molecular weight is 231 g/mol. The van der Waals surface area contributed by atoms with Gasteiger partial charge < -0.3 is 4.74 Å². The van der Waals surface area contributed by atoms with E-state index in [1.165, 1.54) is 0 Å². The molecule has 0 spiro atoms. The van der Waals surface area contributed by atoms with Crippen molar-refractivity contribution in [1.82, 2.24) is 0 Å². The Labute approximate surface area is 102 Å². The zero-order chi connectivity index (χ0) is 12.7. The van der Waals surface area contributed by atoms with Gasteiger partial charge in [0.05, 0.1) is 17.7 Å². The first-order valence-electron chi connectivity index (χ1n) is 5.82. The number of Topliss-reactive ketones (excluding diaryl/α,β-unsaturated/α-hetero) is 1. The van der Waals surface area contributed by atoms with Gasteiger partial charge in [-0.3, -0.25) is 4.79 Å². The second kappa shape index (κ2) is 6.82. The molecule has 1 aromatic rings. The predicted molar refractivity (Wildman–Crippen MR) is 65.8 cm³/mol. The molecule has 0 aliphatic rings. The van der Waals surface area contributed by atoms with Crippen LogP contribution in [-0.4, -0.2) is 18.5 Å². The molecule has 17 heavy (non-hydrogen) atoms. The second-order valence-electron chi connectivity index (χ2n) is 4.02. The third kappa shape index (κ3) is 4.38. The molecule has 0 N–H and O–H groups in total. The molecule has 0 aromatic heterocycles. The molecule has 3 nitrogen and oxygen atoms in total. The standard InChI is InChI=1S/C14H17NO2/c1-3-4-11(2)17-10-14(16)13-7-5-12(9-15)6-8-13/h5-8,11H,3-4,10H2,1-2H3. The number of hydrogen-bond acceptors (Lipinski definition) is 3. The van der Waals surface area contributed by atoms with Crippen LogP contribution in [-0.2, 0) is 4.74 Å². The molecule has 0 aliphatic heterocycles. The molecule has 1 atom stereocenters. The Bertz CT molecular complexity index is 403. The highest BCUT2D eigenvalue weighted by Crippen LogP contribution is 2.06. The number of nitrogens with zero attached hydrogens (tertiary/aromatic N) is 1. The predicted octanol–water partition coefficient (Wildman–Crippen LogP) is 2.95. The molecule has 1 rings (SSSR count). The molecule has 90 valence electrons. The SMILES string of the molecule is CCCC(C)OCC(=O)c1ccc(C#N)cc1. The van der Waals surface area contributed by atoms with Crippen LogP contribution in [0.5, 0.6) is 0 Å². The summed E-state index contributed by atoms with van der Waals surface area (Å²) in [7, 11) is 0. The molecule has 0 radical (unpaired) electrons. The summed E-state index contributed by atoms with van der Waals surface area (Å²) in [5.41, 5.74) is 1.15. The van der Waals surface area contributed by atoms with Crippen molar-refractivity contribution in [2.75, 3.05) is 6.61 Å². The summed E-state index contributed by atoms with van der Waals surface area (Å²) in [6.45, 7) is 4.16. The van der Waals surface area contributed by atoms with Crippen LogP contribution >= 0.6 is 0 Å². The second-order valence-corrected chi connectivity index (χ2v) is 4.02. The third-order valence-electron chi connectivity index (χ3n) is 2.53. The fraction of sp³-hybridized carbons (Fsp3) is 0.429. The lowest BCUT2D eigenvalue weighted by atomic mass is 10.1. The smallest absolute Gasteiger partial charge is 0.188 e. The minimum atomic E-state index is -0.0440. The van der Waals surface area contributed by atoms with Crippen molar-refractivity contribution >= 4 is 5.78 Å². The Hall–Kier alpha value is -1.66. The Kier molecular flexibility index (Phi) is 5.38. The number of carbonyl (C=O) groups excluding carboxylic acids is 1. The van der Waals surface area contributed by atoms with Crippen molar-refractivity contribution in [3.05, 3.63) is 35.4 Å². The summed E-state index contributed by atoms with van der Waals surface area (Å²) in [4.78, 5) is 11.7. The fourth-order valence-electron chi connectivity index (χ4n) is 1.52. The van der Waals surface area contributed by atoms with E-state index < -0.39 is 0 Å². The number of carbonyl (C=O) groups is 1. The van der Waals surface area contributed by atoms with Gasteiger partial charge in [0.2, 0.25) is 0 Å². The van der Waals surface area contributed by atoms with Gasteiger partial charge in [0, 0.05) is 5.56 Å². The van der Waals surface area contributed by atoms with Crippen LogP contribution in [0.25, 0.3) is 0 Å². The van der Waals surface area contributed by atoms with Gasteiger partial charge in [-0.05, 0) is 25.5 Å². The zero-order valence-corrected chi connectivity index (χ0v) is 10.3. The molecule has 0 amide bonds. The van der Waals surface area contributed by atoms with Gasteiger partial charge in [0.15, 0.2) is 5.78 Å². The lowest BCUT2D eigenvalue weighted by Crippen LogP contribution is -2.15. The van der Waals surface area contributed by atoms with Crippen molar-refractivity contribution in [2.45, 2.75) is 32.8 Å². The van der Waals surface area contributed by atoms with Gasteiger partial charge >= 0.3 is 0 Å². The lowest BCUT2D eigenvalue weighted by Gasteiger charge is -2.10. The molecule has 0 heterocycles. The highest BCUT2D eigenvalue weighted by Gasteiger charge is 2.08. The molecule has 0 saturated heterocycles. The number of benzene rings is 1. The molecule has 1 unspecified atom stereocenters. The number of nitriles is 1. The van der Waals surface area contributed by atoms with Gasteiger partial charge in [-0.15, -0.1) is 0 Å². The van der Waals surface area contributed by atoms with Crippen LogP contribution in [0.15, 0.2) is 24.3 Å². The minimum Gasteiger partial charge on any atom is -0.370 e. The van der Waals surface area contributed by atoms with Crippen LogP contribution < -0.4 is 0 Å². The van der Waals surface area contributed by atoms with E-state index in [-0.39, 0.29) is 18.5 Å². The minimum absolute atomic E-state index is 0.0440. The summed E-state index contributed by atoms with van der Waals surface area (Å²) < 4.78 is 5.44. The van der Waals surface area contributed by atoms with Crippen LogP contribution in [0.2, 0.25) is 0 Å². The number of rotatable bonds is 6. The van der Waals surface area contributed by atoms with E-state index in [2.05, 4.69) is 6.92 Å².